The molecule has 3 N–H and O–H groups in total. The lowest BCUT2D eigenvalue weighted by atomic mass is 9.86. The zero-order valence-electron chi connectivity index (χ0n) is 15.1. The second kappa shape index (κ2) is 8.13. The van der Waals surface area contributed by atoms with Gasteiger partial charge in [-0.1, -0.05) is 0 Å². The Bertz CT molecular complexity index is 628. The molecule has 0 aromatic carbocycles. The largest absolute Gasteiger partial charge is 0.396 e. The van der Waals surface area contributed by atoms with Crippen LogP contribution >= 0.6 is 0 Å². The summed E-state index contributed by atoms with van der Waals surface area (Å²) in [5.74, 6) is 0.987. The molecule has 2 fully saturated rings. The van der Waals surface area contributed by atoms with Gasteiger partial charge in [-0.15, -0.1) is 0 Å². The summed E-state index contributed by atoms with van der Waals surface area (Å²) in [6, 6.07) is 0.123. The van der Waals surface area contributed by atoms with Crippen LogP contribution < -0.4 is 10.6 Å². The van der Waals surface area contributed by atoms with E-state index in [-0.39, 0.29) is 29.7 Å². The molecule has 144 valence electrons. The number of anilines is 2. The van der Waals surface area contributed by atoms with E-state index in [0.29, 0.717) is 25.1 Å². The van der Waals surface area contributed by atoms with Gasteiger partial charge in [0.1, 0.15) is 6.20 Å². The number of aromatic nitrogens is 2. The lowest BCUT2D eigenvalue weighted by molar-refractivity contribution is -0.384. The van der Waals surface area contributed by atoms with Crippen LogP contribution in [0.1, 0.15) is 45.4 Å². The van der Waals surface area contributed by atoms with E-state index in [2.05, 4.69) is 27.5 Å². The van der Waals surface area contributed by atoms with E-state index in [1.165, 1.54) is 6.20 Å². The predicted molar refractivity (Wildman–Crippen MR) is 97.2 cm³/mol. The quantitative estimate of drug-likeness (QED) is 0.518. The Hall–Kier alpha value is -2.00. The molecule has 0 spiro atoms. The first kappa shape index (κ1) is 18.8. The molecular formula is C17H27N5O4. The highest BCUT2D eigenvalue weighted by Crippen LogP contribution is 2.30. The maximum absolute atomic E-state index is 11.3. The monoisotopic (exact) mass is 365 g/mol. The van der Waals surface area contributed by atoms with E-state index in [0.717, 1.165) is 38.5 Å². The maximum atomic E-state index is 11.3. The topological polar surface area (TPSA) is 122 Å². The Kier molecular flexibility index (Phi) is 5.87. The van der Waals surface area contributed by atoms with Gasteiger partial charge in [0.25, 0.3) is 0 Å². The smallest absolute Gasteiger partial charge is 0.329 e. The number of nitro groups is 1. The van der Waals surface area contributed by atoms with Crippen molar-refractivity contribution in [1.29, 1.82) is 0 Å². The molecule has 1 aliphatic carbocycles. The summed E-state index contributed by atoms with van der Waals surface area (Å²) in [7, 11) is 0. The van der Waals surface area contributed by atoms with E-state index in [9.17, 15) is 15.2 Å². The summed E-state index contributed by atoms with van der Waals surface area (Å²) < 4.78 is 5.40. The lowest BCUT2D eigenvalue weighted by Gasteiger charge is -2.34. The van der Waals surface area contributed by atoms with Crippen LogP contribution in [0.25, 0.3) is 0 Å². The number of hydrogen-bond acceptors (Lipinski definition) is 8. The Morgan fingerprint density at radius 1 is 1.35 bits per heavy atom. The molecule has 0 unspecified atom stereocenters. The minimum atomic E-state index is -0.457. The van der Waals surface area contributed by atoms with Gasteiger partial charge in [-0.25, -0.2) is 4.98 Å². The number of ether oxygens (including phenoxy) is 1. The van der Waals surface area contributed by atoms with Gasteiger partial charge in [0.2, 0.25) is 11.8 Å². The number of aliphatic hydroxyl groups is 1. The van der Waals surface area contributed by atoms with E-state index in [4.69, 9.17) is 4.74 Å². The predicted octanol–water partition coefficient (Wildman–Crippen LogP) is 2.33. The molecule has 1 aromatic rings. The molecule has 0 atom stereocenters. The molecule has 1 saturated carbocycles. The van der Waals surface area contributed by atoms with Gasteiger partial charge < -0.3 is 20.5 Å². The van der Waals surface area contributed by atoms with Crippen LogP contribution in [-0.2, 0) is 4.74 Å². The zero-order valence-corrected chi connectivity index (χ0v) is 15.1. The molecular weight excluding hydrogens is 338 g/mol. The highest BCUT2D eigenvalue weighted by molar-refractivity contribution is 5.57. The summed E-state index contributed by atoms with van der Waals surface area (Å²) in [6.07, 6.45) is 6.49. The Morgan fingerprint density at radius 2 is 2.04 bits per heavy atom. The van der Waals surface area contributed by atoms with Gasteiger partial charge in [0.15, 0.2) is 0 Å². The average Bonchev–Trinajstić information content (AvgIpc) is 2.62. The van der Waals surface area contributed by atoms with Gasteiger partial charge >= 0.3 is 5.69 Å². The highest BCUT2D eigenvalue weighted by Gasteiger charge is 2.29. The second-order valence-corrected chi connectivity index (χ2v) is 7.53. The van der Waals surface area contributed by atoms with Gasteiger partial charge in [0, 0.05) is 31.4 Å². The molecule has 9 nitrogen and oxygen atoms in total. The molecule has 1 aromatic heterocycles. The number of rotatable bonds is 6. The van der Waals surface area contributed by atoms with Crippen LogP contribution in [0.15, 0.2) is 6.20 Å². The van der Waals surface area contributed by atoms with Crippen LogP contribution in [0.4, 0.5) is 17.5 Å². The van der Waals surface area contributed by atoms with Crippen molar-refractivity contribution >= 4 is 17.5 Å². The summed E-state index contributed by atoms with van der Waals surface area (Å²) in [4.78, 5) is 19.4. The number of hydrogen-bond donors (Lipinski definition) is 3. The van der Waals surface area contributed by atoms with E-state index in [1.54, 1.807) is 0 Å². The first-order valence-electron chi connectivity index (χ1n) is 9.24. The van der Waals surface area contributed by atoms with Crippen molar-refractivity contribution in [2.45, 2.75) is 57.0 Å². The molecule has 1 saturated heterocycles. The van der Waals surface area contributed by atoms with Crippen molar-refractivity contribution in [3.8, 4) is 0 Å². The van der Waals surface area contributed by atoms with Gasteiger partial charge in [-0.3, -0.25) is 10.1 Å². The van der Waals surface area contributed by atoms with E-state index >= 15 is 0 Å². The summed E-state index contributed by atoms with van der Waals surface area (Å²) in [5.41, 5.74) is -0.290. The lowest BCUT2D eigenvalue weighted by Crippen LogP contribution is -2.41. The molecule has 2 aliphatic rings. The van der Waals surface area contributed by atoms with E-state index in [1.807, 2.05) is 0 Å². The van der Waals surface area contributed by atoms with Crippen molar-refractivity contribution < 1.29 is 14.8 Å². The summed E-state index contributed by atoms with van der Waals surface area (Å²) in [6.45, 7) is 3.64. The highest BCUT2D eigenvalue weighted by atomic mass is 16.6. The van der Waals surface area contributed by atoms with Crippen LogP contribution in [0.5, 0.6) is 0 Å². The third kappa shape index (κ3) is 4.59. The van der Waals surface area contributed by atoms with Crippen LogP contribution in [0.3, 0.4) is 0 Å². The normalized spacial score (nSPS) is 25.5. The number of nitrogens with zero attached hydrogens (tertiary/aromatic N) is 3. The minimum absolute atomic E-state index is 0.114. The minimum Gasteiger partial charge on any atom is -0.396 e. The third-order valence-corrected chi connectivity index (χ3v) is 5.42. The maximum Gasteiger partial charge on any atom is 0.329 e. The standard InChI is InChI=1S/C17H27N5O4/c1-17(6-8-26-9-7-17)21-16-18-10-14(22(24)25)15(20-16)19-13-4-2-12(11-23)3-5-13/h10,12-13,23H,2-9,11H2,1H3,(H2,18,19,20,21)/t12-,13-. The first-order chi connectivity index (χ1) is 12.5. The molecule has 2 heterocycles. The van der Waals surface area contributed by atoms with E-state index < -0.39 is 4.92 Å². The fraction of sp³-hybridized carbons (Fsp3) is 0.765. The van der Waals surface area contributed by atoms with Crippen molar-refractivity contribution in [3.63, 3.8) is 0 Å². The average molecular weight is 365 g/mol. The van der Waals surface area contributed by atoms with Crippen molar-refractivity contribution in [2.24, 2.45) is 5.92 Å². The summed E-state index contributed by atoms with van der Waals surface area (Å²) in [5, 5.41) is 27.1. The number of aliphatic hydroxyl groups excluding tert-OH is 1. The second-order valence-electron chi connectivity index (χ2n) is 7.53. The van der Waals surface area contributed by atoms with Crippen LogP contribution in [0, 0.1) is 16.0 Å². The molecule has 0 amide bonds. The molecule has 0 radical (unpaired) electrons. The number of nitrogens with one attached hydrogen (secondary N) is 2. The first-order valence-corrected chi connectivity index (χ1v) is 9.24. The third-order valence-electron chi connectivity index (χ3n) is 5.42. The Morgan fingerprint density at radius 3 is 2.65 bits per heavy atom. The van der Waals surface area contributed by atoms with Crippen molar-refractivity contribution in [3.05, 3.63) is 16.3 Å². The Labute approximate surface area is 152 Å². The van der Waals surface area contributed by atoms with Gasteiger partial charge in [-0.05, 0) is 51.4 Å². The summed E-state index contributed by atoms with van der Waals surface area (Å²) >= 11 is 0. The molecule has 26 heavy (non-hydrogen) atoms. The molecule has 1 aliphatic heterocycles. The molecule has 9 heteroatoms. The fourth-order valence-electron chi connectivity index (χ4n) is 3.58. The zero-order chi connectivity index (χ0) is 18.6. The van der Waals surface area contributed by atoms with Crippen molar-refractivity contribution in [2.75, 3.05) is 30.5 Å². The fourth-order valence-corrected chi connectivity index (χ4v) is 3.58. The Balaban J connectivity index is 1.73. The molecule has 3 rings (SSSR count). The van der Waals surface area contributed by atoms with Gasteiger partial charge in [-0.2, -0.15) is 4.98 Å². The van der Waals surface area contributed by atoms with Gasteiger partial charge in [0.05, 0.1) is 4.92 Å². The van der Waals surface area contributed by atoms with Crippen molar-refractivity contribution in [1.82, 2.24) is 9.97 Å². The molecule has 0 bridgehead atoms. The van der Waals surface area contributed by atoms with Crippen LogP contribution in [-0.4, -0.2) is 51.4 Å². The van der Waals surface area contributed by atoms with Crippen LogP contribution in [0.2, 0.25) is 0 Å². The SMILES string of the molecule is CC1(Nc2ncc([N+](=O)[O-])c(N[C@H]3CC[C@H](CO)CC3)n2)CCOCC1.